The maximum atomic E-state index is 12.9. The number of aliphatic hydroxyl groups is 1. The van der Waals surface area contributed by atoms with E-state index in [1.807, 2.05) is 70.7 Å². The fourth-order valence-electron chi connectivity index (χ4n) is 8.86. The monoisotopic (exact) mass is 844 g/mol. The average Bonchev–Trinajstić information content (AvgIpc) is 3.85. The first-order chi connectivity index (χ1) is 30.1. The number of ether oxygens (including phenoxy) is 1. The highest BCUT2D eigenvalue weighted by molar-refractivity contribution is 6.15. The first kappa shape index (κ1) is 46.5. The van der Waals surface area contributed by atoms with E-state index < -0.39 is 0 Å². The number of carbonyl (C=O) groups excluding carboxylic acids is 3. The number of ketones is 2. The van der Waals surface area contributed by atoms with Crippen molar-refractivity contribution in [3.8, 4) is 22.3 Å². The zero-order chi connectivity index (χ0) is 43.8. The molecule has 6 aromatic rings. The number of carbonyl (C=O) groups is 3. The molecule has 2 aliphatic rings. The molecule has 7 heteroatoms. The van der Waals surface area contributed by atoms with Crippen molar-refractivity contribution < 1.29 is 24.2 Å². The van der Waals surface area contributed by atoms with Crippen molar-refractivity contribution in [2.24, 2.45) is 0 Å². The minimum absolute atomic E-state index is 0. The van der Waals surface area contributed by atoms with Gasteiger partial charge in [-0.1, -0.05) is 112 Å². The van der Waals surface area contributed by atoms with Gasteiger partial charge in [0.2, 0.25) is 0 Å². The normalized spacial score (nSPS) is 12.7. The first-order valence-electron chi connectivity index (χ1n) is 22.2. The van der Waals surface area contributed by atoms with Crippen molar-refractivity contribution in [2.75, 3.05) is 38.0 Å². The molecular weight excluding hydrogens is 781 g/mol. The lowest BCUT2D eigenvalue weighted by atomic mass is 9.90. The van der Waals surface area contributed by atoms with E-state index in [4.69, 9.17) is 4.74 Å². The lowest BCUT2D eigenvalue weighted by molar-refractivity contribution is -0.145. The van der Waals surface area contributed by atoms with Crippen LogP contribution in [0.5, 0.6) is 0 Å². The Labute approximate surface area is 374 Å². The molecule has 0 fully saturated rings. The maximum absolute atomic E-state index is 12.9. The van der Waals surface area contributed by atoms with Gasteiger partial charge >= 0.3 is 5.97 Å². The molecule has 0 bridgehead atoms. The molecule has 2 aliphatic carbocycles. The van der Waals surface area contributed by atoms with Crippen molar-refractivity contribution in [1.29, 1.82) is 0 Å². The zero-order valence-corrected chi connectivity index (χ0v) is 36.9. The topological polar surface area (TPSA) is 87.2 Å². The summed E-state index contributed by atoms with van der Waals surface area (Å²) in [4.78, 5) is 41.8. The van der Waals surface area contributed by atoms with Gasteiger partial charge in [-0.25, -0.2) is 0 Å². The lowest BCUT2D eigenvalue weighted by Gasteiger charge is -2.17. The van der Waals surface area contributed by atoms with Gasteiger partial charge in [0.05, 0.1) is 6.61 Å². The minimum Gasteiger partial charge on any atom is -0.461 e. The number of hydrogen-bond donors (Lipinski definition) is 1. The fourth-order valence-corrected chi connectivity index (χ4v) is 8.86. The Hall–Kier alpha value is -6.05. The molecule has 0 atom stereocenters. The second-order valence-corrected chi connectivity index (χ2v) is 17.2. The van der Waals surface area contributed by atoms with Crippen LogP contribution < -0.4 is 9.80 Å². The van der Waals surface area contributed by atoms with Crippen LogP contribution in [0.2, 0.25) is 0 Å². The molecular formula is C56H64N2O5. The van der Waals surface area contributed by atoms with Crippen molar-refractivity contribution in [1.82, 2.24) is 0 Å². The first-order valence-corrected chi connectivity index (χ1v) is 22.2. The third-order valence-corrected chi connectivity index (χ3v) is 12.4. The smallest absolute Gasteiger partial charge is 0.306 e. The van der Waals surface area contributed by atoms with Crippen LogP contribution in [0.15, 0.2) is 110 Å². The molecule has 8 rings (SSSR count). The predicted octanol–water partition coefficient (Wildman–Crippen LogP) is 12.9. The van der Waals surface area contributed by atoms with Crippen LogP contribution in [0.1, 0.15) is 115 Å². The molecule has 0 saturated carbocycles. The minimum atomic E-state index is -0.135. The summed E-state index contributed by atoms with van der Waals surface area (Å²) in [5.41, 5.74) is 12.2. The summed E-state index contributed by atoms with van der Waals surface area (Å²) in [7, 11) is 8.10. The highest BCUT2D eigenvalue weighted by atomic mass is 16.5. The molecule has 0 unspecified atom stereocenters. The van der Waals surface area contributed by atoms with Crippen molar-refractivity contribution in [3.05, 3.63) is 143 Å². The molecule has 0 amide bonds. The van der Waals surface area contributed by atoms with Gasteiger partial charge in [0.25, 0.3) is 0 Å². The van der Waals surface area contributed by atoms with Gasteiger partial charge in [0.1, 0.15) is 6.61 Å². The number of unbranched alkanes of at least 4 members (excludes halogenated alkanes) is 6. The highest BCUT2D eigenvalue weighted by Crippen LogP contribution is 2.42. The molecule has 0 aliphatic heterocycles. The number of esters is 1. The molecule has 1 N–H and O–H groups in total. The van der Waals surface area contributed by atoms with Gasteiger partial charge in [0, 0.05) is 81.1 Å². The van der Waals surface area contributed by atoms with E-state index >= 15 is 0 Å². The molecule has 6 aromatic carbocycles. The molecule has 0 spiro atoms. The van der Waals surface area contributed by atoms with Crippen LogP contribution in [-0.4, -0.2) is 50.8 Å². The Kier molecular flexibility index (Phi) is 15.7. The lowest BCUT2D eigenvalue weighted by Crippen LogP contribution is -2.08. The Morgan fingerprint density at radius 2 is 1.06 bits per heavy atom. The number of aliphatic hydroxyl groups excluding tert-OH is 1. The summed E-state index contributed by atoms with van der Waals surface area (Å²) in [5, 5.41) is 13.8. The third-order valence-electron chi connectivity index (χ3n) is 12.4. The standard InChI is InChI=1S/C33H39NO3.C22H21NO2.CH4/c1-4-5-6-7-8-9-10-11-12-31(36)37-23-24-13-15-25(16-14-24)32-29-22-28(34(2)3)19-17-26(29)21-27-18-20-30(35)33(27)32;1-23(2)18-9-7-16-11-17-8-10-20(25)22(17)21(19(16)12-18)15-5-3-14(13-24)4-6-15;/h4,13-17,19,21-22H,1,5-12,18,20,23H2,2-3H3;3-7,9,11-12,24H,8,10,13H2,1-2H3;1H4. The van der Waals surface area contributed by atoms with Crippen molar-refractivity contribution >= 4 is 50.5 Å². The van der Waals surface area contributed by atoms with Crippen LogP contribution in [0.4, 0.5) is 11.4 Å². The second-order valence-electron chi connectivity index (χ2n) is 17.2. The van der Waals surface area contributed by atoms with E-state index in [1.165, 1.54) is 31.1 Å². The number of Topliss-reactive ketones (excluding diaryl/α,β-unsaturated/α-hetero) is 2. The van der Waals surface area contributed by atoms with Crippen LogP contribution >= 0.6 is 0 Å². The Bertz CT molecular complexity index is 2590. The van der Waals surface area contributed by atoms with Crippen LogP contribution in [0.3, 0.4) is 0 Å². The second kappa shape index (κ2) is 21.4. The van der Waals surface area contributed by atoms with Gasteiger partial charge in [0.15, 0.2) is 11.6 Å². The molecule has 0 aromatic heterocycles. The third kappa shape index (κ3) is 10.8. The number of fused-ring (bicyclic) bond motifs is 4. The van der Waals surface area contributed by atoms with E-state index in [0.29, 0.717) is 19.3 Å². The molecule has 63 heavy (non-hydrogen) atoms. The molecule has 7 nitrogen and oxygen atoms in total. The number of hydrogen-bond acceptors (Lipinski definition) is 7. The van der Waals surface area contributed by atoms with Gasteiger partial charge < -0.3 is 19.6 Å². The average molecular weight is 845 g/mol. The number of benzene rings is 6. The Morgan fingerprint density at radius 1 is 0.603 bits per heavy atom. The quantitative estimate of drug-likeness (QED) is 0.0590. The largest absolute Gasteiger partial charge is 0.461 e. The van der Waals surface area contributed by atoms with Crippen molar-refractivity contribution in [3.63, 3.8) is 0 Å². The molecule has 0 heterocycles. The summed E-state index contributed by atoms with van der Waals surface area (Å²) in [6.07, 6.45) is 13.1. The fraction of sp³-hybridized carbons (Fsp3) is 0.339. The maximum Gasteiger partial charge on any atom is 0.306 e. The van der Waals surface area contributed by atoms with E-state index in [0.717, 1.165) is 115 Å². The van der Waals surface area contributed by atoms with E-state index in [2.05, 4.69) is 77.0 Å². The highest BCUT2D eigenvalue weighted by Gasteiger charge is 2.27. The van der Waals surface area contributed by atoms with Gasteiger partial charge in [-0.3, -0.25) is 14.4 Å². The molecule has 328 valence electrons. The van der Waals surface area contributed by atoms with Crippen LogP contribution in [0.25, 0.3) is 43.8 Å². The number of nitrogens with zero attached hydrogens (tertiary/aromatic N) is 2. The summed E-state index contributed by atoms with van der Waals surface area (Å²) in [6.45, 7) is 4.05. The molecule has 0 saturated heterocycles. The summed E-state index contributed by atoms with van der Waals surface area (Å²) in [6, 6.07) is 33.2. The summed E-state index contributed by atoms with van der Waals surface area (Å²) >= 11 is 0. The van der Waals surface area contributed by atoms with E-state index in [1.54, 1.807) is 0 Å². The number of aryl methyl sites for hydroxylation is 2. The summed E-state index contributed by atoms with van der Waals surface area (Å²) < 4.78 is 5.53. The van der Waals surface area contributed by atoms with E-state index in [-0.39, 0.29) is 38.2 Å². The number of allylic oxidation sites excluding steroid dienone is 1. The van der Waals surface area contributed by atoms with Gasteiger partial charge in [-0.05, 0) is 111 Å². The van der Waals surface area contributed by atoms with Gasteiger partial charge in [-0.2, -0.15) is 0 Å². The molecule has 0 radical (unpaired) electrons. The zero-order valence-electron chi connectivity index (χ0n) is 36.9. The number of anilines is 2. The Morgan fingerprint density at radius 3 is 1.52 bits per heavy atom. The summed E-state index contributed by atoms with van der Waals surface area (Å²) in [5.74, 6) is 0.315. The predicted molar refractivity (Wildman–Crippen MR) is 262 cm³/mol. The Balaban J connectivity index is 0.000000221. The van der Waals surface area contributed by atoms with Crippen LogP contribution in [0, 0.1) is 0 Å². The van der Waals surface area contributed by atoms with E-state index in [9.17, 15) is 19.5 Å². The van der Waals surface area contributed by atoms with Gasteiger partial charge in [-0.15, -0.1) is 6.58 Å². The number of rotatable bonds is 16. The van der Waals surface area contributed by atoms with Crippen LogP contribution in [-0.2, 0) is 35.6 Å². The SMILES string of the molecule is C.C=CCCCCCCCCC(=O)OCc1ccc(-c2c3c(cc4ccc(N(C)C)cc24)CCC3=O)cc1.CN(C)c1ccc2cc3c(c(-c4ccc(CO)cc4)c2c1)C(=O)CC3. The van der Waals surface area contributed by atoms with Crippen molar-refractivity contribution in [2.45, 2.75) is 97.7 Å².